The lowest BCUT2D eigenvalue weighted by molar-refractivity contribution is -0.139. The molecule has 0 aliphatic carbocycles. The monoisotopic (exact) mass is 404 g/mol. The Morgan fingerprint density at radius 2 is 1.87 bits per heavy atom. The quantitative estimate of drug-likeness (QED) is 0.665. The average molecular weight is 404 g/mol. The van der Waals surface area contributed by atoms with Crippen molar-refractivity contribution in [3.05, 3.63) is 60.2 Å². The van der Waals surface area contributed by atoms with E-state index in [0.717, 1.165) is 43.3 Å². The number of nitrogens with zero attached hydrogens (tertiary/aromatic N) is 6. The first-order valence-corrected chi connectivity index (χ1v) is 10.3. The molecule has 3 aromatic rings. The van der Waals surface area contributed by atoms with Crippen LogP contribution in [0, 0.1) is 6.92 Å². The highest BCUT2D eigenvalue weighted by Crippen LogP contribution is 2.28. The molecule has 2 aliphatic heterocycles. The Morgan fingerprint density at radius 3 is 2.67 bits per heavy atom. The van der Waals surface area contributed by atoms with Gasteiger partial charge in [0.15, 0.2) is 11.9 Å². The van der Waals surface area contributed by atoms with Crippen LogP contribution in [0.5, 0.6) is 5.75 Å². The predicted molar refractivity (Wildman–Crippen MR) is 112 cm³/mol. The van der Waals surface area contributed by atoms with Gasteiger partial charge in [0.2, 0.25) is 0 Å². The van der Waals surface area contributed by atoms with E-state index in [1.807, 2.05) is 48.4 Å². The Bertz CT molecular complexity index is 1040. The van der Waals surface area contributed by atoms with Crippen molar-refractivity contribution in [2.75, 3.05) is 31.1 Å². The van der Waals surface area contributed by atoms with Gasteiger partial charge in [0.05, 0.1) is 0 Å². The molecule has 1 unspecified atom stereocenters. The standard InChI is InChI=1S/C22H24N6O2/c1-16-24-20(15-21(25-16)28-10-4-9-23-28)26-11-13-27(14-12-26)22(29)19-8-7-17-5-2-3-6-18(17)30-19/h2-6,9-10,15,19H,7-8,11-14H2,1H3. The first-order chi connectivity index (χ1) is 14.7. The summed E-state index contributed by atoms with van der Waals surface area (Å²) in [6.07, 6.45) is 4.81. The highest BCUT2D eigenvalue weighted by atomic mass is 16.5. The van der Waals surface area contributed by atoms with Crippen molar-refractivity contribution in [3.63, 3.8) is 0 Å². The molecule has 1 aromatic carbocycles. The third-order valence-corrected chi connectivity index (χ3v) is 5.66. The number of aromatic nitrogens is 4. The third kappa shape index (κ3) is 3.60. The number of anilines is 1. The summed E-state index contributed by atoms with van der Waals surface area (Å²) < 4.78 is 7.73. The highest BCUT2D eigenvalue weighted by Gasteiger charge is 2.32. The fourth-order valence-electron chi connectivity index (χ4n) is 4.08. The molecule has 0 spiro atoms. The van der Waals surface area contributed by atoms with Crippen LogP contribution in [-0.2, 0) is 11.2 Å². The maximum absolute atomic E-state index is 13.0. The Kier molecular flexibility index (Phi) is 4.82. The number of carbonyl (C=O) groups excluding carboxylic acids is 1. The van der Waals surface area contributed by atoms with Crippen molar-refractivity contribution >= 4 is 11.7 Å². The van der Waals surface area contributed by atoms with E-state index in [9.17, 15) is 4.79 Å². The summed E-state index contributed by atoms with van der Waals surface area (Å²) in [5.41, 5.74) is 1.18. The van der Waals surface area contributed by atoms with Gasteiger partial charge < -0.3 is 14.5 Å². The molecule has 0 bridgehead atoms. The lowest BCUT2D eigenvalue weighted by Crippen LogP contribution is -2.53. The van der Waals surface area contributed by atoms with Crippen LogP contribution in [-0.4, -0.2) is 62.8 Å². The van der Waals surface area contributed by atoms with Gasteiger partial charge in [-0.25, -0.2) is 14.6 Å². The van der Waals surface area contributed by atoms with Crippen molar-refractivity contribution in [2.24, 2.45) is 0 Å². The largest absolute Gasteiger partial charge is 0.480 e. The minimum Gasteiger partial charge on any atom is -0.480 e. The van der Waals surface area contributed by atoms with E-state index in [1.165, 1.54) is 5.56 Å². The fraction of sp³-hybridized carbons (Fsp3) is 0.364. The van der Waals surface area contributed by atoms with Crippen LogP contribution in [0.25, 0.3) is 5.82 Å². The number of benzene rings is 1. The van der Waals surface area contributed by atoms with E-state index in [1.54, 1.807) is 10.9 Å². The lowest BCUT2D eigenvalue weighted by atomic mass is 10.0. The number of fused-ring (bicyclic) bond motifs is 1. The summed E-state index contributed by atoms with van der Waals surface area (Å²) in [5.74, 6) is 3.23. The van der Waals surface area contributed by atoms with Crippen molar-refractivity contribution in [2.45, 2.75) is 25.9 Å². The van der Waals surface area contributed by atoms with E-state index in [-0.39, 0.29) is 12.0 Å². The Balaban J connectivity index is 1.24. The molecule has 1 atom stereocenters. The summed E-state index contributed by atoms with van der Waals surface area (Å²) >= 11 is 0. The second kappa shape index (κ2) is 7.78. The molecule has 1 saturated heterocycles. The molecule has 0 saturated carbocycles. The second-order valence-corrected chi connectivity index (χ2v) is 7.65. The zero-order chi connectivity index (χ0) is 20.5. The molecular weight excluding hydrogens is 380 g/mol. The Hall–Kier alpha value is -3.42. The number of aryl methyl sites for hydroxylation is 2. The van der Waals surface area contributed by atoms with E-state index in [0.29, 0.717) is 18.9 Å². The second-order valence-electron chi connectivity index (χ2n) is 7.65. The average Bonchev–Trinajstić information content (AvgIpc) is 3.33. The topological polar surface area (TPSA) is 76.4 Å². The summed E-state index contributed by atoms with van der Waals surface area (Å²) in [5, 5.41) is 4.26. The van der Waals surface area contributed by atoms with Gasteiger partial charge >= 0.3 is 0 Å². The van der Waals surface area contributed by atoms with Crippen LogP contribution in [0.15, 0.2) is 48.8 Å². The molecular formula is C22H24N6O2. The molecule has 30 heavy (non-hydrogen) atoms. The molecule has 5 rings (SSSR count). The van der Waals surface area contributed by atoms with Crippen molar-refractivity contribution in [3.8, 4) is 11.6 Å². The summed E-state index contributed by atoms with van der Waals surface area (Å²) in [4.78, 5) is 26.2. The molecule has 8 nitrogen and oxygen atoms in total. The third-order valence-electron chi connectivity index (χ3n) is 5.66. The molecule has 8 heteroatoms. The molecule has 1 amide bonds. The van der Waals surface area contributed by atoms with Crippen LogP contribution >= 0.6 is 0 Å². The number of para-hydroxylation sites is 1. The van der Waals surface area contributed by atoms with E-state index in [4.69, 9.17) is 4.74 Å². The van der Waals surface area contributed by atoms with E-state index in [2.05, 4.69) is 26.0 Å². The maximum Gasteiger partial charge on any atom is 0.263 e. The fourth-order valence-corrected chi connectivity index (χ4v) is 4.08. The predicted octanol–water partition coefficient (Wildman–Crippen LogP) is 2.01. The first kappa shape index (κ1) is 18.6. The molecule has 2 aromatic heterocycles. The van der Waals surface area contributed by atoms with Crippen LogP contribution < -0.4 is 9.64 Å². The number of rotatable bonds is 3. The molecule has 0 N–H and O–H groups in total. The van der Waals surface area contributed by atoms with Crippen LogP contribution in [0.1, 0.15) is 17.8 Å². The smallest absolute Gasteiger partial charge is 0.263 e. The minimum atomic E-state index is -0.390. The summed E-state index contributed by atoms with van der Waals surface area (Å²) in [6.45, 7) is 4.64. The van der Waals surface area contributed by atoms with E-state index < -0.39 is 0 Å². The maximum atomic E-state index is 13.0. The highest BCUT2D eigenvalue weighted by molar-refractivity contribution is 5.82. The van der Waals surface area contributed by atoms with Crippen LogP contribution in [0.4, 0.5) is 5.82 Å². The molecule has 154 valence electrons. The first-order valence-electron chi connectivity index (χ1n) is 10.3. The van der Waals surface area contributed by atoms with Gasteiger partial charge in [-0.3, -0.25) is 4.79 Å². The SMILES string of the molecule is Cc1nc(N2CCN(C(=O)C3CCc4ccccc4O3)CC2)cc(-n2cccn2)n1. The number of hydrogen-bond acceptors (Lipinski definition) is 6. The minimum absolute atomic E-state index is 0.0836. The van der Waals surface area contributed by atoms with Gasteiger partial charge in [-0.15, -0.1) is 0 Å². The van der Waals surface area contributed by atoms with Crippen LogP contribution in [0.2, 0.25) is 0 Å². The normalized spacial score (nSPS) is 18.6. The number of hydrogen-bond donors (Lipinski definition) is 0. The van der Waals surface area contributed by atoms with E-state index >= 15 is 0 Å². The molecule has 2 aliphatic rings. The van der Waals surface area contributed by atoms with Crippen molar-refractivity contribution in [1.82, 2.24) is 24.6 Å². The zero-order valence-corrected chi connectivity index (χ0v) is 16.9. The van der Waals surface area contributed by atoms with Crippen molar-refractivity contribution < 1.29 is 9.53 Å². The van der Waals surface area contributed by atoms with Gasteiger partial charge in [-0.2, -0.15) is 5.10 Å². The number of amides is 1. The van der Waals surface area contributed by atoms with Gasteiger partial charge in [0.25, 0.3) is 5.91 Å². The Morgan fingerprint density at radius 1 is 1.07 bits per heavy atom. The number of carbonyl (C=O) groups is 1. The van der Waals surface area contributed by atoms with Crippen molar-refractivity contribution in [1.29, 1.82) is 0 Å². The van der Waals surface area contributed by atoms with Gasteiger partial charge in [-0.05, 0) is 37.5 Å². The number of piperazine rings is 1. The van der Waals surface area contributed by atoms with Crippen LogP contribution in [0.3, 0.4) is 0 Å². The molecule has 1 fully saturated rings. The lowest BCUT2D eigenvalue weighted by Gasteiger charge is -2.37. The van der Waals surface area contributed by atoms with Gasteiger partial charge in [0.1, 0.15) is 17.4 Å². The molecule has 4 heterocycles. The summed E-state index contributed by atoms with van der Waals surface area (Å²) in [7, 11) is 0. The van der Waals surface area contributed by atoms with Gasteiger partial charge in [-0.1, -0.05) is 18.2 Å². The van der Waals surface area contributed by atoms with Gasteiger partial charge in [0, 0.05) is 44.6 Å². The summed E-state index contributed by atoms with van der Waals surface area (Å²) in [6, 6.07) is 11.8. The number of ether oxygens (including phenoxy) is 1. The Labute approximate surface area is 175 Å². The molecule has 0 radical (unpaired) electrons. The zero-order valence-electron chi connectivity index (χ0n) is 16.9.